The van der Waals surface area contributed by atoms with E-state index in [2.05, 4.69) is 151 Å². The standard InChI is InChI=1S/C38H36FN3O2.C38H37N3O2/c1-20-33(24(5)43)22(3)40-37(20)35(27-14-16-28(39)17-15-27)31-18-19-32(42-31)36(38-21(2)34(25(6)44)23(4)41-38)30-13-9-11-26-10-7-8-12-29(26)30;1-21-33(25(5)42)23(3)39-37(21)35(28-14-8-7-9-15-28)31-19-20-32(41-31)36(38-22(2)34(26(6)43)24(4)40-38)30-18-12-16-27-13-10-11-17-29(27)30/h7-19,35-36,40-42H,1-6H3;7-20,35-36,39-41H,1-6H3. The number of aromatic amines is 6. The number of benzene rings is 6. The average molecular weight is 1150 g/mol. The van der Waals surface area contributed by atoms with Crippen molar-refractivity contribution in [3.05, 3.63) is 305 Å². The maximum atomic E-state index is 14.1. The normalized spacial score (nSPS) is 12.9. The first-order valence-electron chi connectivity index (χ1n) is 29.7. The van der Waals surface area contributed by atoms with E-state index in [4.69, 9.17) is 0 Å². The highest BCUT2D eigenvalue weighted by Crippen LogP contribution is 2.44. The smallest absolute Gasteiger partial charge is 0.161 e. The summed E-state index contributed by atoms with van der Waals surface area (Å²) < 4.78 is 14.1. The van der Waals surface area contributed by atoms with Crippen molar-refractivity contribution < 1.29 is 23.6 Å². The summed E-state index contributed by atoms with van der Waals surface area (Å²) in [5.74, 6) is -0.979. The topological polar surface area (TPSA) is 163 Å². The van der Waals surface area contributed by atoms with Crippen LogP contribution < -0.4 is 0 Å². The molecule has 12 aromatic rings. The van der Waals surface area contributed by atoms with Crippen LogP contribution in [0, 0.1) is 61.2 Å². The molecule has 6 aromatic heterocycles. The number of Topliss-reactive ketones (excluding diaryl/α,β-unsaturated/α-hetero) is 4. The van der Waals surface area contributed by atoms with Gasteiger partial charge in [0, 0.05) is 90.6 Å². The molecule has 0 radical (unpaired) electrons. The van der Waals surface area contributed by atoms with Gasteiger partial charge in [0.2, 0.25) is 0 Å². The maximum absolute atomic E-state index is 14.1. The van der Waals surface area contributed by atoms with Crippen molar-refractivity contribution in [3.63, 3.8) is 0 Å². The molecule has 4 unspecified atom stereocenters. The Morgan fingerprint density at radius 2 is 0.598 bits per heavy atom. The second-order valence-electron chi connectivity index (χ2n) is 23.4. The lowest BCUT2D eigenvalue weighted by molar-refractivity contribution is 0.100. The van der Waals surface area contributed by atoms with Crippen LogP contribution >= 0.6 is 0 Å². The molecule has 11 heteroatoms. The van der Waals surface area contributed by atoms with Crippen LogP contribution in [0.1, 0.15) is 206 Å². The molecule has 0 aliphatic carbocycles. The lowest BCUT2D eigenvalue weighted by atomic mass is 9.86. The summed E-state index contributed by atoms with van der Waals surface area (Å²) in [6.45, 7) is 22.3. The number of carbonyl (C=O) groups excluding carboxylic acids is 4. The summed E-state index contributed by atoms with van der Waals surface area (Å²) in [6.07, 6.45) is 0. The fraction of sp³-hybridized carbons (Fsp3) is 0.211. The molecule has 0 fully saturated rings. The second kappa shape index (κ2) is 23.9. The van der Waals surface area contributed by atoms with E-state index in [-0.39, 0.29) is 52.6 Å². The van der Waals surface area contributed by atoms with E-state index in [1.165, 1.54) is 22.9 Å². The minimum Gasteiger partial charge on any atom is -0.361 e. The van der Waals surface area contributed by atoms with Crippen LogP contribution in [-0.4, -0.2) is 53.0 Å². The number of ketones is 4. The third-order valence-electron chi connectivity index (χ3n) is 17.8. The van der Waals surface area contributed by atoms with Crippen molar-refractivity contribution in [1.82, 2.24) is 29.9 Å². The van der Waals surface area contributed by atoms with Crippen LogP contribution in [0.4, 0.5) is 4.39 Å². The lowest BCUT2D eigenvalue weighted by Gasteiger charge is -2.21. The van der Waals surface area contributed by atoms with E-state index in [0.717, 1.165) is 140 Å². The molecular formula is C76H73FN6O4. The molecule has 0 bridgehead atoms. The average Bonchev–Trinajstić information content (AvgIpc) is 2.16. The predicted octanol–water partition coefficient (Wildman–Crippen LogP) is 17.8. The molecule has 6 aromatic carbocycles. The zero-order valence-corrected chi connectivity index (χ0v) is 51.4. The number of halogens is 1. The van der Waals surface area contributed by atoms with E-state index < -0.39 is 0 Å². The summed E-state index contributed by atoms with van der Waals surface area (Å²) in [4.78, 5) is 72.3. The Morgan fingerprint density at radius 3 is 0.931 bits per heavy atom. The number of aromatic nitrogens is 6. The predicted molar refractivity (Wildman–Crippen MR) is 347 cm³/mol. The number of nitrogens with one attached hydrogen (secondary N) is 6. The van der Waals surface area contributed by atoms with E-state index in [0.29, 0.717) is 5.56 Å². The van der Waals surface area contributed by atoms with Gasteiger partial charge in [-0.1, -0.05) is 127 Å². The van der Waals surface area contributed by atoms with Crippen LogP contribution in [0.25, 0.3) is 21.5 Å². The fourth-order valence-electron chi connectivity index (χ4n) is 14.2. The Kier molecular flexibility index (Phi) is 16.2. The summed E-state index contributed by atoms with van der Waals surface area (Å²) in [6, 6.07) is 54.9. The molecule has 12 rings (SSSR count). The summed E-state index contributed by atoms with van der Waals surface area (Å²) in [7, 11) is 0. The SMILES string of the molecule is CC(=O)c1c(C)[nH]c(C(c2ccc(F)cc2)c2ccc(C(c3[nH]c(C)c(C(C)=O)c3C)c3cccc4ccccc34)[nH]2)c1C.CC(=O)c1c(C)[nH]c(C(c2ccccc2)c2ccc(C(c3[nH]c(C)c(C(C)=O)c3C)c3cccc4ccccc34)[nH]2)c1C. The van der Waals surface area contributed by atoms with Gasteiger partial charge in [0.25, 0.3) is 0 Å². The third-order valence-corrected chi connectivity index (χ3v) is 17.8. The number of H-pyrrole nitrogens is 6. The van der Waals surface area contributed by atoms with Crippen LogP contribution in [-0.2, 0) is 0 Å². The van der Waals surface area contributed by atoms with Gasteiger partial charge in [-0.05, 0) is 186 Å². The first-order valence-corrected chi connectivity index (χ1v) is 29.7. The van der Waals surface area contributed by atoms with Gasteiger partial charge >= 0.3 is 0 Å². The van der Waals surface area contributed by atoms with Gasteiger partial charge in [0.05, 0.1) is 23.7 Å². The monoisotopic (exact) mass is 1150 g/mol. The molecule has 0 saturated carbocycles. The molecule has 4 atom stereocenters. The number of rotatable bonds is 16. The third kappa shape index (κ3) is 10.9. The summed E-state index contributed by atoms with van der Waals surface area (Å²) in [5, 5.41) is 4.60. The molecule has 0 aliphatic rings. The van der Waals surface area contributed by atoms with Gasteiger partial charge in [-0.2, -0.15) is 0 Å². The van der Waals surface area contributed by atoms with Crippen molar-refractivity contribution >= 4 is 44.7 Å². The van der Waals surface area contributed by atoms with Gasteiger partial charge < -0.3 is 29.9 Å². The molecule has 87 heavy (non-hydrogen) atoms. The zero-order valence-electron chi connectivity index (χ0n) is 51.4. The number of carbonyl (C=O) groups is 4. The largest absolute Gasteiger partial charge is 0.361 e. The van der Waals surface area contributed by atoms with Gasteiger partial charge in [-0.25, -0.2) is 4.39 Å². The highest BCUT2D eigenvalue weighted by Gasteiger charge is 2.33. The van der Waals surface area contributed by atoms with Gasteiger partial charge in [-0.15, -0.1) is 0 Å². The molecule has 10 nitrogen and oxygen atoms in total. The number of aryl methyl sites for hydroxylation is 4. The summed E-state index contributed by atoms with van der Waals surface area (Å²) in [5.41, 5.74) is 22.2. The van der Waals surface area contributed by atoms with Crippen molar-refractivity contribution in [3.8, 4) is 0 Å². The van der Waals surface area contributed by atoms with E-state index >= 15 is 0 Å². The Labute approximate surface area is 507 Å². The quantitative estimate of drug-likeness (QED) is 0.0531. The van der Waals surface area contributed by atoms with Crippen molar-refractivity contribution in [1.29, 1.82) is 0 Å². The summed E-state index contributed by atoms with van der Waals surface area (Å²) >= 11 is 0. The molecule has 6 heterocycles. The van der Waals surface area contributed by atoms with E-state index in [1.807, 2.05) is 73.6 Å². The van der Waals surface area contributed by atoms with E-state index in [1.54, 1.807) is 39.8 Å². The zero-order chi connectivity index (χ0) is 61.7. The Bertz CT molecular complexity index is 4600. The number of hydrogen-bond donors (Lipinski definition) is 6. The Morgan fingerprint density at radius 1 is 0.310 bits per heavy atom. The molecule has 0 spiro atoms. The van der Waals surface area contributed by atoms with Crippen molar-refractivity contribution in [2.45, 2.75) is 107 Å². The van der Waals surface area contributed by atoms with Gasteiger partial charge in [0.1, 0.15) is 5.82 Å². The highest BCUT2D eigenvalue weighted by molar-refractivity contribution is 5.99. The van der Waals surface area contributed by atoms with Crippen LogP contribution in [0.3, 0.4) is 0 Å². The minimum atomic E-state index is -0.307. The fourth-order valence-corrected chi connectivity index (χ4v) is 14.2. The minimum absolute atomic E-state index is 0.00224. The lowest BCUT2D eigenvalue weighted by Crippen LogP contribution is -2.10. The van der Waals surface area contributed by atoms with Gasteiger partial charge in [-0.3, -0.25) is 19.2 Å². The molecule has 0 saturated heterocycles. The molecule has 438 valence electrons. The molecule has 6 N–H and O–H groups in total. The number of fused-ring (bicyclic) bond motifs is 2. The Balaban J connectivity index is 0.000000180. The molecular weight excluding hydrogens is 1080 g/mol. The van der Waals surface area contributed by atoms with Crippen LogP contribution in [0.5, 0.6) is 0 Å². The van der Waals surface area contributed by atoms with Crippen LogP contribution in [0.2, 0.25) is 0 Å². The highest BCUT2D eigenvalue weighted by atomic mass is 19.1. The van der Waals surface area contributed by atoms with Crippen molar-refractivity contribution in [2.75, 3.05) is 0 Å². The second-order valence-corrected chi connectivity index (χ2v) is 23.4. The number of hydrogen-bond acceptors (Lipinski definition) is 4. The first-order chi connectivity index (χ1) is 41.7. The maximum Gasteiger partial charge on any atom is 0.161 e. The van der Waals surface area contributed by atoms with Gasteiger partial charge in [0.15, 0.2) is 23.1 Å². The molecule has 0 amide bonds. The molecule has 0 aliphatic heterocycles. The van der Waals surface area contributed by atoms with E-state index in [9.17, 15) is 23.6 Å². The Hall–Kier alpha value is -9.87. The van der Waals surface area contributed by atoms with Crippen LogP contribution in [0.15, 0.2) is 164 Å². The van der Waals surface area contributed by atoms with Crippen molar-refractivity contribution in [2.24, 2.45) is 0 Å². The first kappa shape index (κ1) is 58.9.